The van der Waals surface area contributed by atoms with E-state index in [1.807, 2.05) is 12.1 Å². The number of amidine groups is 1. The normalized spacial score (nSPS) is 15.6. The highest BCUT2D eigenvalue weighted by Crippen LogP contribution is 2.56. The lowest BCUT2D eigenvalue weighted by Gasteiger charge is -2.48. The fourth-order valence-corrected chi connectivity index (χ4v) is 4.96. The molecule has 7 heteroatoms. The van der Waals surface area contributed by atoms with Gasteiger partial charge in [-0.25, -0.2) is 11.1 Å². The summed E-state index contributed by atoms with van der Waals surface area (Å²) < 4.78 is 5.77. The van der Waals surface area contributed by atoms with Crippen LogP contribution in [0.15, 0.2) is 36.4 Å². The molecule has 1 heterocycles. The van der Waals surface area contributed by atoms with Crippen LogP contribution in [-0.4, -0.2) is 19.0 Å². The van der Waals surface area contributed by atoms with E-state index in [-0.39, 0.29) is 17.9 Å². The number of ether oxygens (including phenoxy) is 1. The van der Waals surface area contributed by atoms with Crippen molar-refractivity contribution in [3.8, 4) is 18.1 Å². The Morgan fingerprint density at radius 1 is 1.06 bits per heavy atom. The third-order valence-electron chi connectivity index (χ3n) is 6.24. The molecule has 0 atom stereocenters. The Kier molecular flexibility index (Phi) is 6.81. The summed E-state index contributed by atoms with van der Waals surface area (Å²) in [5.74, 6) is 3.53. The van der Waals surface area contributed by atoms with Crippen molar-refractivity contribution < 1.29 is 4.74 Å². The van der Waals surface area contributed by atoms with Gasteiger partial charge in [-0.2, -0.15) is 0 Å². The number of terminal acetylenes is 1. The highest BCUT2D eigenvalue weighted by molar-refractivity contribution is 5.82. The van der Waals surface area contributed by atoms with Gasteiger partial charge in [-0.15, -0.1) is 6.42 Å². The third-order valence-corrected chi connectivity index (χ3v) is 6.24. The molecule has 1 fully saturated rings. The van der Waals surface area contributed by atoms with Crippen LogP contribution in [0.25, 0.3) is 0 Å². The van der Waals surface area contributed by atoms with E-state index in [0.29, 0.717) is 13.0 Å². The summed E-state index contributed by atoms with van der Waals surface area (Å²) >= 11 is 0. The SMILES string of the molecule is C#CCOc1ccc2c(c1)C1(CCCCC1)c1cc(N)ccc1N2CCC(=N)N.N=N. The first kappa shape index (κ1) is 22.2. The van der Waals surface area contributed by atoms with Crippen molar-refractivity contribution in [2.45, 2.75) is 43.9 Å². The molecular weight excluding hydrogens is 388 g/mol. The van der Waals surface area contributed by atoms with E-state index in [4.69, 9.17) is 39.1 Å². The smallest absolute Gasteiger partial charge is 0.148 e. The number of nitrogens with zero attached hydrogens (tertiary/aromatic N) is 1. The van der Waals surface area contributed by atoms with E-state index in [1.54, 1.807) is 0 Å². The van der Waals surface area contributed by atoms with Gasteiger partial charge in [-0.05, 0) is 60.4 Å². The molecule has 4 rings (SSSR count). The van der Waals surface area contributed by atoms with Crippen molar-refractivity contribution in [1.29, 1.82) is 16.5 Å². The maximum Gasteiger partial charge on any atom is 0.148 e. The lowest BCUT2D eigenvalue weighted by molar-refractivity contribution is 0.338. The van der Waals surface area contributed by atoms with E-state index < -0.39 is 0 Å². The number of nitrogen functional groups attached to an aromatic ring is 1. The maximum atomic E-state index is 7.71. The third kappa shape index (κ3) is 4.19. The average Bonchev–Trinajstić information content (AvgIpc) is 2.80. The van der Waals surface area contributed by atoms with Crippen molar-refractivity contribution in [3.05, 3.63) is 47.5 Å². The molecule has 0 radical (unpaired) electrons. The molecule has 0 saturated heterocycles. The van der Waals surface area contributed by atoms with Gasteiger partial charge < -0.3 is 21.1 Å². The fraction of sp³-hybridized carbons (Fsp3) is 0.375. The molecule has 7 N–H and O–H groups in total. The molecule has 1 aliphatic carbocycles. The highest BCUT2D eigenvalue weighted by Gasteiger charge is 2.44. The van der Waals surface area contributed by atoms with E-state index in [9.17, 15) is 0 Å². The largest absolute Gasteiger partial charge is 0.481 e. The molecule has 0 aromatic heterocycles. The molecule has 1 aliphatic heterocycles. The number of rotatable bonds is 5. The monoisotopic (exact) mass is 418 g/mol. The second kappa shape index (κ2) is 9.52. The number of hydrogen-bond donors (Lipinski definition) is 5. The Bertz CT molecular complexity index is 990. The molecule has 0 bridgehead atoms. The van der Waals surface area contributed by atoms with E-state index in [1.165, 1.54) is 41.8 Å². The van der Waals surface area contributed by atoms with Crippen LogP contribution in [0.5, 0.6) is 5.75 Å². The number of hydrogen-bond acceptors (Lipinski definition) is 6. The molecule has 7 nitrogen and oxygen atoms in total. The van der Waals surface area contributed by atoms with E-state index in [2.05, 4.69) is 35.1 Å². The van der Waals surface area contributed by atoms with Crippen molar-refractivity contribution in [1.82, 2.24) is 0 Å². The lowest BCUT2D eigenvalue weighted by atomic mass is 9.62. The Balaban J connectivity index is 0.00000132. The molecule has 2 aromatic rings. The first-order valence-corrected chi connectivity index (χ1v) is 10.5. The second-order valence-electron chi connectivity index (χ2n) is 8.02. The van der Waals surface area contributed by atoms with Gasteiger partial charge >= 0.3 is 0 Å². The van der Waals surface area contributed by atoms with Crippen molar-refractivity contribution in [2.24, 2.45) is 5.73 Å². The van der Waals surface area contributed by atoms with Gasteiger partial charge in [0.2, 0.25) is 0 Å². The van der Waals surface area contributed by atoms with Gasteiger partial charge in [0.25, 0.3) is 0 Å². The summed E-state index contributed by atoms with van der Waals surface area (Å²) in [6, 6.07) is 12.5. The molecule has 0 amide bonds. The molecule has 0 unspecified atom stereocenters. The second-order valence-corrected chi connectivity index (χ2v) is 8.02. The van der Waals surface area contributed by atoms with E-state index >= 15 is 0 Å². The molecule has 1 saturated carbocycles. The van der Waals surface area contributed by atoms with Crippen molar-refractivity contribution >= 4 is 22.9 Å². The van der Waals surface area contributed by atoms with Crippen LogP contribution in [0.3, 0.4) is 0 Å². The number of nitrogens with two attached hydrogens (primary N) is 2. The van der Waals surface area contributed by atoms with E-state index in [0.717, 1.165) is 24.3 Å². The minimum Gasteiger partial charge on any atom is -0.481 e. The van der Waals surface area contributed by atoms with Crippen molar-refractivity contribution in [3.63, 3.8) is 0 Å². The highest BCUT2D eigenvalue weighted by atomic mass is 16.5. The lowest BCUT2D eigenvalue weighted by Crippen LogP contribution is -2.39. The zero-order valence-corrected chi connectivity index (χ0v) is 17.7. The van der Waals surface area contributed by atoms with Gasteiger partial charge in [0, 0.05) is 35.4 Å². The fourth-order valence-electron chi connectivity index (χ4n) is 4.96. The topological polar surface area (TPSA) is 136 Å². The minimum absolute atomic E-state index is 0.0689. The first-order valence-electron chi connectivity index (χ1n) is 10.5. The summed E-state index contributed by atoms with van der Waals surface area (Å²) in [6.45, 7) is 0.906. The molecule has 2 aromatic carbocycles. The summed E-state index contributed by atoms with van der Waals surface area (Å²) in [7, 11) is 0. The van der Waals surface area contributed by atoms with Crippen LogP contribution in [0, 0.1) is 28.8 Å². The average molecular weight is 419 g/mol. The Morgan fingerprint density at radius 3 is 2.35 bits per heavy atom. The van der Waals surface area contributed by atoms with Gasteiger partial charge in [0.15, 0.2) is 0 Å². The van der Waals surface area contributed by atoms with Crippen LogP contribution in [-0.2, 0) is 5.41 Å². The minimum atomic E-state index is -0.0689. The molecule has 162 valence electrons. The van der Waals surface area contributed by atoms with Gasteiger partial charge in [0.05, 0.1) is 5.84 Å². The predicted octanol–water partition coefficient (Wildman–Crippen LogP) is 4.90. The Morgan fingerprint density at radius 2 is 1.71 bits per heavy atom. The molecule has 31 heavy (non-hydrogen) atoms. The summed E-state index contributed by atoms with van der Waals surface area (Å²) in [4.78, 5) is 2.27. The molecule has 2 aliphatic rings. The summed E-state index contributed by atoms with van der Waals surface area (Å²) in [5, 5.41) is 7.71. The zero-order valence-electron chi connectivity index (χ0n) is 17.7. The first-order chi connectivity index (χ1) is 15.0. The quantitative estimate of drug-likeness (QED) is 0.155. The van der Waals surface area contributed by atoms with Crippen LogP contribution in [0.2, 0.25) is 0 Å². The standard InChI is InChI=1S/C24H28N4O.H2N2/c1-2-14-29-18-7-9-22-20(16-18)24(11-4-3-5-12-24)19-15-17(25)6-8-21(19)28(22)13-10-23(26)27;1-2/h1,6-9,15-16H,3-5,10-14,25H2,(H3,26,27);1-2H. The van der Waals surface area contributed by atoms with Crippen LogP contribution >= 0.6 is 0 Å². The molecule has 1 spiro atoms. The number of fused-ring (bicyclic) bond motifs is 4. The van der Waals surface area contributed by atoms with Crippen LogP contribution in [0.1, 0.15) is 49.7 Å². The summed E-state index contributed by atoms with van der Waals surface area (Å²) in [6.07, 6.45) is 11.7. The van der Waals surface area contributed by atoms with Crippen molar-refractivity contribution in [2.75, 3.05) is 23.8 Å². The number of anilines is 3. The van der Waals surface area contributed by atoms with Crippen LogP contribution < -0.4 is 21.1 Å². The van der Waals surface area contributed by atoms with Crippen LogP contribution in [0.4, 0.5) is 17.1 Å². The predicted molar refractivity (Wildman–Crippen MR) is 124 cm³/mol. The Labute approximate surface area is 183 Å². The maximum absolute atomic E-state index is 7.71. The molecular formula is C24H30N6O. The van der Waals surface area contributed by atoms with Gasteiger partial charge in [-0.1, -0.05) is 25.2 Å². The Hall–Kier alpha value is -3.53. The number of benzene rings is 2. The number of nitrogens with one attached hydrogen (secondary N) is 3. The van der Waals surface area contributed by atoms with Gasteiger partial charge in [-0.3, -0.25) is 5.41 Å². The zero-order chi connectivity index (χ0) is 22.4. The van der Waals surface area contributed by atoms with Gasteiger partial charge in [0.1, 0.15) is 12.4 Å². The summed E-state index contributed by atoms with van der Waals surface area (Å²) in [5.41, 5.74) is 27.5.